The monoisotopic (exact) mass is 217 g/mol. The molecule has 0 N–H and O–H groups in total. The van der Waals surface area contributed by atoms with Crippen molar-refractivity contribution in [3.05, 3.63) is 29.3 Å². The second kappa shape index (κ2) is 3.77. The minimum Gasteiger partial charge on any atom is -0.374 e. The maximum Gasteiger partial charge on any atom is 0.0889 e. The lowest BCUT2D eigenvalue weighted by atomic mass is 9.84. The van der Waals surface area contributed by atoms with Crippen LogP contribution in [0, 0.1) is 12.8 Å². The summed E-state index contributed by atoms with van der Waals surface area (Å²) in [5.74, 6) is 0.688. The summed E-state index contributed by atoms with van der Waals surface area (Å²) in [6.45, 7) is 4.23. The van der Waals surface area contributed by atoms with Gasteiger partial charge in [-0.25, -0.2) is 0 Å². The maximum atomic E-state index is 5.98. The summed E-state index contributed by atoms with van der Waals surface area (Å²) < 4.78 is 5.98. The summed E-state index contributed by atoms with van der Waals surface area (Å²) in [5, 5.41) is 0. The van der Waals surface area contributed by atoms with E-state index in [1.807, 2.05) is 0 Å². The topological polar surface area (TPSA) is 12.5 Å². The molecular weight excluding hydrogens is 198 g/mol. The summed E-state index contributed by atoms with van der Waals surface area (Å²) >= 11 is 0. The van der Waals surface area contributed by atoms with Gasteiger partial charge in [0.15, 0.2) is 0 Å². The molecule has 0 amide bonds. The quantitative estimate of drug-likeness (QED) is 0.662. The van der Waals surface area contributed by atoms with Crippen molar-refractivity contribution in [2.45, 2.75) is 25.9 Å². The van der Waals surface area contributed by atoms with Crippen LogP contribution < -0.4 is 4.90 Å². The van der Waals surface area contributed by atoms with Gasteiger partial charge in [-0.3, -0.25) is 0 Å². The van der Waals surface area contributed by atoms with Crippen LogP contribution in [0.2, 0.25) is 0 Å². The molecule has 0 spiro atoms. The number of ether oxygens (including phenoxy) is 1. The molecule has 2 nitrogen and oxygen atoms in total. The molecule has 1 aromatic carbocycles. The molecule has 0 saturated carbocycles. The number of anilines is 1. The summed E-state index contributed by atoms with van der Waals surface area (Å²) in [5.41, 5.74) is 4.09. The number of hydrogen-bond acceptors (Lipinski definition) is 2. The van der Waals surface area contributed by atoms with Gasteiger partial charge in [-0.15, -0.1) is 0 Å². The number of fused-ring (bicyclic) bond motifs is 3. The van der Waals surface area contributed by atoms with E-state index in [0.29, 0.717) is 12.0 Å². The Kier molecular flexibility index (Phi) is 2.40. The first-order valence-corrected chi connectivity index (χ1v) is 6.19. The highest BCUT2D eigenvalue weighted by Gasteiger charge is 2.34. The van der Waals surface area contributed by atoms with Crippen molar-refractivity contribution in [3.8, 4) is 0 Å². The molecule has 0 bridgehead atoms. The Labute approximate surface area is 97.2 Å². The molecule has 2 atom stereocenters. The van der Waals surface area contributed by atoms with Crippen LogP contribution in [0.5, 0.6) is 0 Å². The molecule has 0 aliphatic carbocycles. The fraction of sp³-hybridized carbons (Fsp3) is 0.571. The van der Waals surface area contributed by atoms with E-state index in [0.717, 1.165) is 13.2 Å². The molecule has 86 valence electrons. The normalized spacial score (nSPS) is 28.5. The first-order chi connectivity index (χ1) is 7.75. The Hall–Kier alpha value is -1.02. The largest absolute Gasteiger partial charge is 0.374 e. The molecule has 0 radical (unpaired) electrons. The predicted octanol–water partition coefficient (Wildman–Crippen LogP) is 2.91. The Morgan fingerprint density at radius 1 is 1.38 bits per heavy atom. The average Bonchev–Trinajstić information content (AvgIpc) is 2.29. The lowest BCUT2D eigenvalue weighted by Gasteiger charge is -2.42. The number of aryl methyl sites for hydroxylation is 1. The van der Waals surface area contributed by atoms with E-state index < -0.39 is 0 Å². The van der Waals surface area contributed by atoms with Gasteiger partial charge in [-0.2, -0.15) is 0 Å². The molecule has 1 fully saturated rings. The predicted molar refractivity (Wildman–Crippen MR) is 65.9 cm³/mol. The second-order valence-corrected chi connectivity index (χ2v) is 5.14. The first kappa shape index (κ1) is 10.2. The van der Waals surface area contributed by atoms with Gasteiger partial charge in [-0.1, -0.05) is 17.7 Å². The van der Waals surface area contributed by atoms with Crippen LogP contribution in [-0.2, 0) is 4.74 Å². The van der Waals surface area contributed by atoms with E-state index >= 15 is 0 Å². The van der Waals surface area contributed by atoms with Crippen LogP contribution >= 0.6 is 0 Å². The second-order valence-electron chi connectivity index (χ2n) is 5.14. The van der Waals surface area contributed by atoms with E-state index in [-0.39, 0.29) is 0 Å². The zero-order chi connectivity index (χ0) is 11.1. The molecule has 1 saturated heterocycles. The van der Waals surface area contributed by atoms with Gasteiger partial charge in [0.25, 0.3) is 0 Å². The van der Waals surface area contributed by atoms with Gasteiger partial charge < -0.3 is 9.64 Å². The van der Waals surface area contributed by atoms with E-state index in [1.54, 1.807) is 0 Å². The average molecular weight is 217 g/mol. The fourth-order valence-corrected chi connectivity index (χ4v) is 3.07. The third kappa shape index (κ3) is 1.52. The van der Waals surface area contributed by atoms with Gasteiger partial charge >= 0.3 is 0 Å². The van der Waals surface area contributed by atoms with Crippen molar-refractivity contribution < 1.29 is 4.74 Å². The minimum absolute atomic E-state index is 0.347. The van der Waals surface area contributed by atoms with Gasteiger partial charge in [0.05, 0.1) is 6.10 Å². The van der Waals surface area contributed by atoms with Crippen molar-refractivity contribution in [1.82, 2.24) is 0 Å². The SMILES string of the molecule is Cc1ccc2c(c1)C1OCCCC1CN2C. The van der Waals surface area contributed by atoms with Crippen molar-refractivity contribution in [1.29, 1.82) is 0 Å². The highest BCUT2D eigenvalue weighted by Crippen LogP contribution is 2.43. The zero-order valence-corrected chi connectivity index (χ0v) is 10.1. The summed E-state index contributed by atoms with van der Waals surface area (Å²) in [6.07, 6.45) is 2.87. The van der Waals surface area contributed by atoms with Gasteiger partial charge in [0, 0.05) is 37.4 Å². The van der Waals surface area contributed by atoms with E-state index in [2.05, 4.69) is 37.1 Å². The Morgan fingerprint density at radius 2 is 2.25 bits per heavy atom. The van der Waals surface area contributed by atoms with Crippen LogP contribution in [0.25, 0.3) is 0 Å². The summed E-state index contributed by atoms with van der Waals surface area (Å²) in [7, 11) is 2.19. The van der Waals surface area contributed by atoms with E-state index in [1.165, 1.54) is 29.7 Å². The Morgan fingerprint density at radius 3 is 3.12 bits per heavy atom. The van der Waals surface area contributed by atoms with E-state index in [9.17, 15) is 0 Å². The number of hydrogen-bond donors (Lipinski definition) is 0. The Bertz CT molecular complexity index is 402. The maximum absolute atomic E-state index is 5.98. The smallest absolute Gasteiger partial charge is 0.0889 e. The highest BCUT2D eigenvalue weighted by molar-refractivity contribution is 5.57. The Balaban J connectivity index is 2.05. The van der Waals surface area contributed by atoms with Crippen LogP contribution in [0.15, 0.2) is 18.2 Å². The van der Waals surface area contributed by atoms with Gasteiger partial charge in [0.2, 0.25) is 0 Å². The highest BCUT2D eigenvalue weighted by atomic mass is 16.5. The van der Waals surface area contributed by atoms with Crippen LogP contribution in [0.1, 0.15) is 30.1 Å². The van der Waals surface area contributed by atoms with Crippen molar-refractivity contribution in [2.75, 3.05) is 25.1 Å². The standard InChI is InChI=1S/C14H19NO/c1-10-5-6-13-12(8-10)14-11(9-15(13)2)4-3-7-16-14/h5-6,8,11,14H,3-4,7,9H2,1-2H3. The van der Waals surface area contributed by atoms with Crippen molar-refractivity contribution >= 4 is 5.69 Å². The minimum atomic E-state index is 0.347. The molecule has 2 aliphatic rings. The van der Waals surface area contributed by atoms with Crippen molar-refractivity contribution in [3.63, 3.8) is 0 Å². The van der Waals surface area contributed by atoms with Crippen LogP contribution in [-0.4, -0.2) is 20.2 Å². The van der Waals surface area contributed by atoms with Crippen molar-refractivity contribution in [2.24, 2.45) is 5.92 Å². The lowest BCUT2D eigenvalue weighted by Crippen LogP contribution is -2.38. The third-order valence-electron chi connectivity index (χ3n) is 3.85. The summed E-state index contributed by atoms with van der Waals surface area (Å²) in [6, 6.07) is 6.73. The summed E-state index contributed by atoms with van der Waals surface area (Å²) in [4.78, 5) is 2.38. The molecule has 16 heavy (non-hydrogen) atoms. The van der Waals surface area contributed by atoms with E-state index in [4.69, 9.17) is 4.74 Å². The molecule has 3 rings (SSSR count). The number of nitrogens with zero attached hydrogens (tertiary/aromatic N) is 1. The first-order valence-electron chi connectivity index (χ1n) is 6.19. The molecule has 2 aliphatic heterocycles. The number of benzene rings is 1. The van der Waals surface area contributed by atoms with Gasteiger partial charge in [-0.05, 0) is 25.8 Å². The van der Waals surface area contributed by atoms with Gasteiger partial charge in [0.1, 0.15) is 0 Å². The molecule has 2 heterocycles. The fourth-order valence-electron chi connectivity index (χ4n) is 3.07. The molecule has 2 heteroatoms. The molecular formula is C14H19NO. The lowest BCUT2D eigenvalue weighted by molar-refractivity contribution is -0.0287. The molecule has 0 aromatic heterocycles. The molecule has 1 aromatic rings. The van der Waals surface area contributed by atoms with Crippen LogP contribution in [0.3, 0.4) is 0 Å². The zero-order valence-electron chi connectivity index (χ0n) is 10.1. The number of rotatable bonds is 0. The third-order valence-corrected chi connectivity index (χ3v) is 3.85. The van der Waals surface area contributed by atoms with Crippen LogP contribution in [0.4, 0.5) is 5.69 Å². The molecule has 2 unspecified atom stereocenters.